The summed E-state index contributed by atoms with van der Waals surface area (Å²) in [4.78, 5) is 11.1. The Morgan fingerprint density at radius 3 is 0.675 bits per heavy atom. The molecule has 0 aliphatic carbocycles. The van der Waals surface area contributed by atoms with Gasteiger partial charge in [0.25, 0.3) is 0 Å². The fourth-order valence-electron chi connectivity index (χ4n) is 12.2. The van der Waals surface area contributed by atoms with Crippen LogP contribution in [-0.2, 0) is 33.3 Å². The molecule has 0 spiro atoms. The van der Waals surface area contributed by atoms with Crippen LogP contribution in [0.25, 0.3) is 0 Å². The fourth-order valence-corrected chi connectivity index (χ4v) is 12.2. The molecule has 0 amide bonds. The van der Waals surface area contributed by atoms with Gasteiger partial charge in [-0.2, -0.15) is 0 Å². The van der Waals surface area contributed by atoms with Crippen molar-refractivity contribution < 1.29 is 20.4 Å². The third-order valence-corrected chi connectivity index (χ3v) is 17.6. The van der Waals surface area contributed by atoms with Crippen LogP contribution >= 0.6 is 0 Å². The van der Waals surface area contributed by atoms with Gasteiger partial charge >= 0.3 is 0 Å². The molecule has 0 aromatic heterocycles. The average Bonchev–Trinajstić information content (AvgIpc) is 3.46. The van der Waals surface area contributed by atoms with Gasteiger partial charge in [-0.05, 0) is 86.8 Å². The summed E-state index contributed by atoms with van der Waals surface area (Å²) in [5.74, 6) is 0. The van der Waals surface area contributed by atoms with Crippen LogP contribution in [0.15, 0.2) is 58.5 Å². The standard InChI is InChI=1S/C77H138N2.Pd/c1-5-9-13-16-19-22-25-28-31-34-35-38-41-44-47-50-53-56-59-69-77(79-75-67-61-65-73(71-75)63-58-55-52-49-46-43-40-37-33-30-27-24-21-18-15-11-7-3)76(68-12-8-4)78-74-66-60-64-72(70-74)62-57-54-51-48-45-42-39-36-32-29-26-23-20-17-14-10-6-2;/h60-61,64-67,70-71H,5-59,62-63,68-69H2,1-4H3;/b78-76-,79-77+;. The van der Waals surface area contributed by atoms with E-state index in [2.05, 4.69) is 76.2 Å². The summed E-state index contributed by atoms with van der Waals surface area (Å²) < 4.78 is 0. The number of rotatable bonds is 62. The van der Waals surface area contributed by atoms with Crippen molar-refractivity contribution in [3.63, 3.8) is 0 Å². The largest absolute Gasteiger partial charge is 0.252 e. The summed E-state index contributed by atoms with van der Waals surface area (Å²) in [7, 11) is 0. The quantitative estimate of drug-likeness (QED) is 0.0358. The van der Waals surface area contributed by atoms with E-state index < -0.39 is 0 Å². The minimum Gasteiger partial charge on any atom is -0.252 e. The van der Waals surface area contributed by atoms with E-state index >= 15 is 0 Å². The number of nitrogens with zero attached hydrogens (tertiary/aromatic N) is 2. The molecule has 466 valence electrons. The molecule has 0 radical (unpaired) electrons. The van der Waals surface area contributed by atoms with Crippen LogP contribution < -0.4 is 0 Å². The molecule has 0 bridgehead atoms. The van der Waals surface area contributed by atoms with Gasteiger partial charge in [0.05, 0.1) is 22.8 Å². The Kier molecular flexibility index (Phi) is 59.2. The van der Waals surface area contributed by atoms with Gasteiger partial charge in [-0.3, -0.25) is 9.98 Å². The molecule has 0 unspecified atom stereocenters. The summed E-state index contributed by atoms with van der Waals surface area (Å²) in [5.41, 5.74) is 7.64. The first-order chi connectivity index (χ1) is 39.2. The Morgan fingerprint density at radius 1 is 0.237 bits per heavy atom. The molecule has 2 rings (SSSR count). The number of unbranched alkanes of at least 4 members (excludes halogenated alkanes) is 51. The van der Waals surface area contributed by atoms with Crippen molar-refractivity contribution in [2.24, 2.45) is 9.98 Å². The van der Waals surface area contributed by atoms with E-state index in [0.29, 0.717) is 0 Å². The van der Waals surface area contributed by atoms with Crippen molar-refractivity contribution in [3.8, 4) is 0 Å². The van der Waals surface area contributed by atoms with Gasteiger partial charge in [-0.25, -0.2) is 0 Å². The Bertz CT molecular complexity index is 1610. The first kappa shape index (κ1) is 76.5. The summed E-state index contributed by atoms with van der Waals surface area (Å²) >= 11 is 0. The van der Waals surface area contributed by atoms with Crippen LogP contribution in [-0.4, -0.2) is 11.4 Å². The van der Waals surface area contributed by atoms with Gasteiger partial charge in [-0.1, -0.05) is 379 Å². The number of aliphatic imine (C=N–C) groups is 2. The van der Waals surface area contributed by atoms with E-state index in [1.807, 2.05) is 0 Å². The van der Waals surface area contributed by atoms with Crippen molar-refractivity contribution in [2.45, 2.75) is 407 Å². The molecule has 0 aliphatic rings. The maximum absolute atomic E-state index is 5.55. The van der Waals surface area contributed by atoms with E-state index in [-0.39, 0.29) is 20.4 Å². The third-order valence-electron chi connectivity index (χ3n) is 17.6. The van der Waals surface area contributed by atoms with Gasteiger partial charge in [-0.15, -0.1) is 0 Å². The molecule has 0 saturated carbocycles. The van der Waals surface area contributed by atoms with E-state index in [1.165, 1.54) is 382 Å². The smallest absolute Gasteiger partial charge is 0.0636 e. The predicted molar refractivity (Wildman–Crippen MR) is 360 cm³/mol. The summed E-state index contributed by atoms with van der Waals surface area (Å²) in [6, 6.07) is 18.5. The van der Waals surface area contributed by atoms with Gasteiger partial charge in [0.15, 0.2) is 0 Å². The molecule has 2 nitrogen and oxygen atoms in total. The van der Waals surface area contributed by atoms with E-state index in [0.717, 1.165) is 30.6 Å². The van der Waals surface area contributed by atoms with Crippen molar-refractivity contribution in [1.82, 2.24) is 0 Å². The number of hydrogen-bond donors (Lipinski definition) is 0. The molecule has 0 heterocycles. The Morgan fingerprint density at radius 2 is 0.438 bits per heavy atom. The topological polar surface area (TPSA) is 24.7 Å². The van der Waals surface area contributed by atoms with E-state index in [4.69, 9.17) is 9.98 Å². The minimum atomic E-state index is 0. The number of aryl methyl sites for hydroxylation is 2. The van der Waals surface area contributed by atoms with Gasteiger partial charge < -0.3 is 0 Å². The van der Waals surface area contributed by atoms with Crippen molar-refractivity contribution in [3.05, 3.63) is 59.7 Å². The van der Waals surface area contributed by atoms with Crippen LogP contribution in [0.5, 0.6) is 0 Å². The molecule has 2 aromatic carbocycles. The predicted octanol–water partition coefficient (Wildman–Crippen LogP) is 27.9. The zero-order chi connectivity index (χ0) is 56.3. The molecule has 3 heteroatoms. The zero-order valence-corrected chi connectivity index (χ0v) is 56.1. The van der Waals surface area contributed by atoms with Crippen molar-refractivity contribution >= 4 is 22.8 Å². The Labute approximate surface area is 516 Å². The zero-order valence-electron chi connectivity index (χ0n) is 54.5. The fraction of sp³-hybridized carbons (Fsp3) is 0.818. The van der Waals surface area contributed by atoms with Crippen molar-refractivity contribution in [2.75, 3.05) is 0 Å². The molecule has 0 atom stereocenters. The van der Waals surface area contributed by atoms with Crippen LogP contribution in [0.2, 0.25) is 0 Å². The molecule has 0 aliphatic heterocycles. The van der Waals surface area contributed by atoms with E-state index in [1.54, 1.807) is 0 Å². The monoisotopic (exact) mass is 1200 g/mol. The summed E-state index contributed by atoms with van der Waals surface area (Å²) in [6.45, 7) is 9.27. The summed E-state index contributed by atoms with van der Waals surface area (Å²) in [5, 5.41) is 0. The van der Waals surface area contributed by atoms with Gasteiger partial charge in [0.2, 0.25) is 0 Å². The SMILES string of the molecule is CCCCCCCCCCCCCCCCCCCCCC(=N\c1cccc(CCCCCCCCCCCCCCCCCCC)c1)/C(CCCC)=N\c1cccc(CCCCCCCCCCCCCCCCCCC)c1.[Pd]. The van der Waals surface area contributed by atoms with Crippen LogP contribution in [0.4, 0.5) is 11.4 Å². The van der Waals surface area contributed by atoms with Gasteiger partial charge in [0, 0.05) is 20.4 Å². The minimum absolute atomic E-state index is 0. The molecule has 80 heavy (non-hydrogen) atoms. The van der Waals surface area contributed by atoms with E-state index in [9.17, 15) is 0 Å². The Hall–Kier alpha value is -1.56. The first-order valence-electron chi connectivity index (χ1n) is 36.5. The first-order valence-corrected chi connectivity index (χ1v) is 36.5. The average molecular weight is 1200 g/mol. The van der Waals surface area contributed by atoms with Gasteiger partial charge in [0.1, 0.15) is 0 Å². The molecular weight excluding hydrogens is 1060 g/mol. The molecule has 0 fully saturated rings. The molecule has 2 aromatic rings. The second-order valence-corrected chi connectivity index (χ2v) is 25.5. The molecule has 0 N–H and O–H groups in total. The van der Waals surface area contributed by atoms with Crippen LogP contribution in [0.3, 0.4) is 0 Å². The second kappa shape index (κ2) is 62.0. The van der Waals surface area contributed by atoms with Crippen LogP contribution in [0, 0.1) is 0 Å². The second-order valence-electron chi connectivity index (χ2n) is 25.5. The summed E-state index contributed by atoms with van der Waals surface area (Å²) in [6.07, 6.45) is 82.0. The van der Waals surface area contributed by atoms with Crippen LogP contribution in [0.1, 0.15) is 405 Å². The normalized spacial score (nSPS) is 12.0. The number of hydrogen-bond acceptors (Lipinski definition) is 2. The molecule has 0 saturated heterocycles. The van der Waals surface area contributed by atoms with Crippen molar-refractivity contribution in [1.29, 1.82) is 0 Å². The Balaban J connectivity index is 0.0000320. The third kappa shape index (κ3) is 49.8. The maximum atomic E-state index is 5.55. The maximum Gasteiger partial charge on any atom is 0.0636 e. The number of benzene rings is 2. The molecular formula is C77H138N2Pd.